The van der Waals surface area contributed by atoms with Crippen molar-refractivity contribution in [2.75, 3.05) is 27.7 Å². The molecule has 2 rings (SSSR count). The van der Waals surface area contributed by atoms with Crippen LogP contribution in [0.4, 0.5) is 0 Å². The number of likely N-dealkylation sites (N-methyl/N-ethyl adjacent to an activating group) is 1. The average molecular weight is 229 g/mol. The predicted molar refractivity (Wildman–Crippen MR) is 72.8 cm³/mol. The molecule has 0 saturated heterocycles. The molecule has 0 unspecified atom stereocenters. The molecule has 0 heterocycles. The van der Waals surface area contributed by atoms with Gasteiger partial charge in [-0.3, -0.25) is 0 Å². The average Bonchev–Trinajstić information content (AvgIpc) is 2.35. The van der Waals surface area contributed by atoms with Gasteiger partial charge in [0.1, 0.15) is 5.75 Å². The summed E-state index contributed by atoms with van der Waals surface area (Å²) >= 11 is 0. The zero-order chi connectivity index (χ0) is 12.3. The maximum absolute atomic E-state index is 5.36. The van der Waals surface area contributed by atoms with Crippen LogP contribution in [0.15, 0.2) is 36.4 Å². The molecule has 0 atom stereocenters. The summed E-state index contributed by atoms with van der Waals surface area (Å²) in [6.45, 7) is 1.05. The summed E-state index contributed by atoms with van der Waals surface area (Å²) in [6.07, 6.45) is 1.05. The highest BCUT2D eigenvalue weighted by Gasteiger charge is 2.04. The van der Waals surface area contributed by atoms with Crippen molar-refractivity contribution in [2.45, 2.75) is 6.42 Å². The first-order valence-corrected chi connectivity index (χ1v) is 5.91. The number of benzene rings is 2. The quantitative estimate of drug-likeness (QED) is 0.799. The number of rotatable bonds is 4. The van der Waals surface area contributed by atoms with Gasteiger partial charge in [-0.2, -0.15) is 0 Å². The van der Waals surface area contributed by atoms with Gasteiger partial charge >= 0.3 is 0 Å². The van der Waals surface area contributed by atoms with Crippen LogP contribution >= 0.6 is 0 Å². The number of nitrogens with zero attached hydrogens (tertiary/aromatic N) is 1. The van der Waals surface area contributed by atoms with Gasteiger partial charge in [0.25, 0.3) is 0 Å². The van der Waals surface area contributed by atoms with Crippen molar-refractivity contribution >= 4 is 10.8 Å². The van der Waals surface area contributed by atoms with Gasteiger partial charge in [0, 0.05) is 6.54 Å². The number of hydrogen-bond acceptors (Lipinski definition) is 2. The van der Waals surface area contributed by atoms with Gasteiger partial charge in [-0.1, -0.05) is 24.3 Å². The normalized spacial score (nSPS) is 11.1. The summed E-state index contributed by atoms with van der Waals surface area (Å²) in [5.41, 5.74) is 1.36. The highest BCUT2D eigenvalue weighted by atomic mass is 16.5. The Balaban J connectivity index is 2.43. The van der Waals surface area contributed by atoms with E-state index in [9.17, 15) is 0 Å². The highest BCUT2D eigenvalue weighted by Crippen LogP contribution is 2.25. The van der Waals surface area contributed by atoms with E-state index in [0.717, 1.165) is 18.7 Å². The van der Waals surface area contributed by atoms with Gasteiger partial charge in [-0.05, 0) is 49.0 Å². The fraction of sp³-hybridized carbons (Fsp3) is 0.333. The summed E-state index contributed by atoms with van der Waals surface area (Å²) in [7, 11) is 5.92. The minimum absolute atomic E-state index is 0.942. The molecule has 0 saturated carbocycles. The molecule has 0 aliphatic rings. The van der Waals surface area contributed by atoms with E-state index in [0.29, 0.717) is 0 Å². The number of fused-ring (bicyclic) bond motifs is 1. The number of ether oxygens (including phenoxy) is 1. The fourth-order valence-electron chi connectivity index (χ4n) is 2.03. The summed E-state index contributed by atoms with van der Waals surface area (Å²) in [5, 5.41) is 2.58. The Morgan fingerprint density at radius 1 is 1.12 bits per heavy atom. The summed E-state index contributed by atoms with van der Waals surface area (Å²) in [4.78, 5) is 2.20. The summed E-state index contributed by atoms with van der Waals surface area (Å²) in [5.74, 6) is 0.942. The van der Waals surface area contributed by atoms with E-state index in [-0.39, 0.29) is 0 Å². The molecule has 2 aromatic rings. The Hall–Kier alpha value is -1.54. The van der Waals surface area contributed by atoms with Gasteiger partial charge < -0.3 is 9.64 Å². The van der Waals surface area contributed by atoms with Crippen LogP contribution in [0.3, 0.4) is 0 Å². The maximum Gasteiger partial charge on any atom is 0.119 e. The smallest absolute Gasteiger partial charge is 0.119 e. The van der Waals surface area contributed by atoms with Crippen LogP contribution in [-0.2, 0) is 6.42 Å². The minimum atomic E-state index is 0.942. The zero-order valence-electron chi connectivity index (χ0n) is 10.7. The van der Waals surface area contributed by atoms with Crippen LogP contribution in [0.1, 0.15) is 5.56 Å². The van der Waals surface area contributed by atoms with Crippen LogP contribution in [0.2, 0.25) is 0 Å². The third kappa shape index (κ3) is 2.77. The largest absolute Gasteiger partial charge is 0.497 e. The van der Waals surface area contributed by atoms with E-state index >= 15 is 0 Å². The molecule has 0 spiro atoms. The van der Waals surface area contributed by atoms with E-state index in [1.165, 1.54) is 16.3 Å². The third-order valence-corrected chi connectivity index (χ3v) is 2.99. The Bertz CT molecular complexity index is 505. The van der Waals surface area contributed by atoms with Gasteiger partial charge in [0.2, 0.25) is 0 Å². The molecule has 0 N–H and O–H groups in total. The first kappa shape index (κ1) is 11.9. The van der Waals surface area contributed by atoms with Crippen molar-refractivity contribution in [3.8, 4) is 5.75 Å². The Kier molecular flexibility index (Phi) is 3.64. The Morgan fingerprint density at radius 3 is 2.59 bits per heavy atom. The van der Waals surface area contributed by atoms with E-state index in [2.05, 4.69) is 55.4 Å². The van der Waals surface area contributed by atoms with E-state index in [4.69, 9.17) is 4.74 Å². The third-order valence-electron chi connectivity index (χ3n) is 2.99. The molecular formula is C15H19NO. The van der Waals surface area contributed by atoms with Crippen molar-refractivity contribution in [2.24, 2.45) is 0 Å². The summed E-state index contributed by atoms with van der Waals surface area (Å²) < 4.78 is 5.36. The van der Waals surface area contributed by atoms with Crippen LogP contribution in [0.5, 0.6) is 5.75 Å². The molecule has 0 fully saturated rings. The van der Waals surface area contributed by atoms with E-state index in [1.807, 2.05) is 0 Å². The van der Waals surface area contributed by atoms with Crippen molar-refractivity contribution in [1.29, 1.82) is 0 Å². The van der Waals surface area contributed by atoms with Crippen LogP contribution in [0, 0.1) is 0 Å². The van der Waals surface area contributed by atoms with Crippen LogP contribution in [-0.4, -0.2) is 32.6 Å². The van der Waals surface area contributed by atoms with Crippen molar-refractivity contribution in [3.05, 3.63) is 42.0 Å². The molecule has 0 amide bonds. The van der Waals surface area contributed by atoms with Crippen LogP contribution in [0.25, 0.3) is 10.8 Å². The molecule has 0 radical (unpaired) electrons. The maximum atomic E-state index is 5.36. The predicted octanol–water partition coefficient (Wildman–Crippen LogP) is 2.95. The highest BCUT2D eigenvalue weighted by molar-refractivity contribution is 5.87. The lowest BCUT2D eigenvalue weighted by Crippen LogP contribution is -2.15. The zero-order valence-corrected chi connectivity index (χ0v) is 10.7. The van der Waals surface area contributed by atoms with Crippen molar-refractivity contribution in [1.82, 2.24) is 4.90 Å². The molecule has 0 bridgehead atoms. The monoisotopic (exact) mass is 229 g/mol. The lowest BCUT2D eigenvalue weighted by molar-refractivity contribution is 0.408. The second-order valence-electron chi connectivity index (χ2n) is 4.56. The molecule has 2 aromatic carbocycles. The molecule has 0 aliphatic carbocycles. The van der Waals surface area contributed by atoms with Crippen molar-refractivity contribution in [3.63, 3.8) is 0 Å². The first-order valence-electron chi connectivity index (χ1n) is 5.91. The molecule has 2 nitrogen and oxygen atoms in total. The van der Waals surface area contributed by atoms with Gasteiger partial charge in [0.05, 0.1) is 7.11 Å². The fourth-order valence-corrected chi connectivity index (χ4v) is 2.03. The van der Waals surface area contributed by atoms with Gasteiger partial charge in [-0.15, -0.1) is 0 Å². The molecular weight excluding hydrogens is 210 g/mol. The SMILES string of the molecule is COc1cc(CCN(C)C)c2ccccc2c1. The topological polar surface area (TPSA) is 12.5 Å². The van der Waals surface area contributed by atoms with Crippen molar-refractivity contribution < 1.29 is 4.74 Å². The second-order valence-corrected chi connectivity index (χ2v) is 4.56. The van der Waals surface area contributed by atoms with Gasteiger partial charge in [-0.25, -0.2) is 0 Å². The molecule has 0 aliphatic heterocycles. The molecule has 0 aromatic heterocycles. The second kappa shape index (κ2) is 5.19. The molecule has 17 heavy (non-hydrogen) atoms. The van der Waals surface area contributed by atoms with E-state index < -0.39 is 0 Å². The summed E-state index contributed by atoms with van der Waals surface area (Å²) in [6, 6.07) is 12.7. The number of methoxy groups -OCH3 is 1. The van der Waals surface area contributed by atoms with Crippen LogP contribution < -0.4 is 4.74 Å². The lowest BCUT2D eigenvalue weighted by atomic mass is 10.0. The Morgan fingerprint density at radius 2 is 1.88 bits per heavy atom. The minimum Gasteiger partial charge on any atom is -0.497 e. The Labute approximate surface area is 103 Å². The standard InChI is InChI=1S/C15H19NO/c1-16(2)9-8-13-11-14(17-3)10-12-6-4-5-7-15(12)13/h4-7,10-11H,8-9H2,1-3H3. The molecule has 2 heteroatoms. The first-order chi connectivity index (χ1) is 8.20. The number of hydrogen-bond donors (Lipinski definition) is 0. The lowest BCUT2D eigenvalue weighted by Gasteiger charge is -2.13. The van der Waals surface area contributed by atoms with Gasteiger partial charge in [0.15, 0.2) is 0 Å². The van der Waals surface area contributed by atoms with E-state index in [1.54, 1.807) is 7.11 Å². The molecule has 90 valence electrons.